The summed E-state index contributed by atoms with van der Waals surface area (Å²) in [6, 6.07) is 0.546. The van der Waals surface area contributed by atoms with Gasteiger partial charge in [0.2, 0.25) is 0 Å². The second kappa shape index (κ2) is 4.21. The average Bonchev–Trinajstić information content (AvgIpc) is 2.32. The number of hydrogen-bond acceptors (Lipinski definition) is 3. The minimum Gasteiger partial charge on any atom is -0.384 e. The molecule has 1 unspecified atom stereocenters. The SMILES string of the molecule is COCC1C[C@@H](C(C)C)N(N)C1. The normalized spacial score (nSPS) is 31.8. The molecule has 0 aromatic heterocycles. The number of hydrogen-bond donors (Lipinski definition) is 1. The quantitative estimate of drug-likeness (QED) is 0.641. The smallest absolute Gasteiger partial charge is 0.0503 e. The Morgan fingerprint density at radius 3 is 2.67 bits per heavy atom. The van der Waals surface area contributed by atoms with Crippen LogP contribution in [-0.2, 0) is 4.74 Å². The van der Waals surface area contributed by atoms with Crippen LogP contribution in [0.5, 0.6) is 0 Å². The van der Waals surface area contributed by atoms with Crippen molar-refractivity contribution in [3.8, 4) is 0 Å². The zero-order valence-electron chi connectivity index (χ0n) is 8.29. The fourth-order valence-corrected chi connectivity index (χ4v) is 2.00. The third-order valence-electron chi connectivity index (χ3n) is 2.64. The van der Waals surface area contributed by atoms with Gasteiger partial charge in [0, 0.05) is 19.7 Å². The van der Waals surface area contributed by atoms with E-state index in [-0.39, 0.29) is 0 Å². The number of nitrogens with zero attached hydrogens (tertiary/aromatic N) is 1. The molecule has 0 saturated carbocycles. The zero-order valence-corrected chi connectivity index (χ0v) is 8.29. The summed E-state index contributed by atoms with van der Waals surface area (Å²) in [6.07, 6.45) is 1.18. The summed E-state index contributed by atoms with van der Waals surface area (Å²) in [7, 11) is 1.75. The van der Waals surface area contributed by atoms with Crippen LogP contribution in [0.4, 0.5) is 0 Å². The number of rotatable bonds is 3. The van der Waals surface area contributed by atoms with E-state index in [1.807, 2.05) is 5.01 Å². The summed E-state index contributed by atoms with van der Waals surface area (Å²) in [6.45, 7) is 6.27. The molecular weight excluding hydrogens is 152 g/mol. The summed E-state index contributed by atoms with van der Waals surface area (Å²) in [5.74, 6) is 7.16. The van der Waals surface area contributed by atoms with Crippen LogP contribution in [0.1, 0.15) is 20.3 Å². The fourth-order valence-electron chi connectivity index (χ4n) is 2.00. The van der Waals surface area contributed by atoms with Gasteiger partial charge in [-0.3, -0.25) is 5.84 Å². The van der Waals surface area contributed by atoms with E-state index < -0.39 is 0 Å². The lowest BCUT2D eigenvalue weighted by atomic mass is 9.98. The van der Waals surface area contributed by atoms with Crippen molar-refractivity contribution in [2.45, 2.75) is 26.3 Å². The van der Waals surface area contributed by atoms with Gasteiger partial charge < -0.3 is 4.74 Å². The molecule has 1 rings (SSSR count). The molecule has 0 amide bonds. The lowest BCUT2D eigenvalue weighted by Crippen LogP contribution is -2.39. The minimum atomic E-state index is 0.546. The van der Waals surface area contributed by atoms with Gasteiger partial charge in [0.15, 0.2) is 0 Å². The predicted octanol–water partition coefficient (Wildman–Crippen LogP) is 0.853. The Labute approximate surface area is 74.8 Å². The third kappa shape index (κ3) is 2.19. The van der Waals surface area contributed by atoms with Crippen molar-refractivity contribution in [2.24, 2.45) is 17.7 Å². The standard InChI is InChI=1S/C9H20N2O/c1-7(2)9-4-8(6-12-3)5-11(9)10/h7-9H,4-6,10H2,1-3H3/t8?,9-/m0/s1. The molecule has 3 nitrogen and oxygen atoms in total. The largest absolute Gasteiger partial charge is 0.384 e. The summed E-state index contributed by atoms with van der Waals surface area (Å²) >= 11 is 0. The molecule has 0 aromatic carbocycles. The second-order valence-corrected chi connectivity index (χ2v) is 4.07. The molecule has 2 atom stereocenters. The van der Waals surface area contributed by atoms with Crippen molar-refractivity contribution < 1.29 is 4.74 Å². The maximum atomic E-state index is 5.88. The highest BCUT2D eigenvalue weighted by Gasteiger charge is 2.31. The van der Waals surface area contributed by atoms with E-state index in [9.17, 15) is 0 Å². The van der Waals surface area contributed by atoms with E-state index in [2.05, 4.69) is 13.8 Å². The van der Waals surface area contributed by atoms with Gasteiger partial charge in [-0.2, -0.15) is 0 Å². The topological polar surface area (TPSA) is 38.5 Å². The van der Waals surface area contributed by atoms with Crippen LogP contribution in [0.2, 0.25) is 0 Å². The second-order valence-electron chi connectivity index (χ2n) is 4.07. The van der Waals surface area contributed by atoms with Crippen LogP contribution in [0, 0.1) is 11.8 Å². The number of methoxy groups -OCH3 is 1. The van der Waals surface area contributed by atoms with Crippen molar-refractivity contribution in [1.29, 1.82) is 0 Å². The van der Waals surface area contributed by atoms with Crippen molar-refractivity contribution in [3.05, 3.63) is 0 Å². The fraction of sp³-hybridized carbons (Fsp3) is 1.00. The highest BCUT2D eigenvalue weighted by Crippen LogP contribution is 2.25. The molecule has 0 radical (unpaired) electrons. The summed E-state index contributed by atoms with van der Waals surface area (Å²) < 4.78 is 5.12. The monoisotopic (exact) mass is 172 g/mol. The minimum absolute atomic E-state index is 0.546. The third-order valence-corrected chi connectivity index (χ3v) is 2.64. The van der Waals surface area contributed by atoms with Gasteiger partial charge in [0.05, 0.1) is 6.61 Å². The Kier molecular flexibility index (Phi) is 3.50. The first kappa shape index (κ1) is 9.96. The zero-order chi connectivity index (χ0) is 9.14. The van der Waals surface area contributed by atoms with Crippen LogP contribution in [0.3, 0.4) is 0 Å². The average molecular weight is 172 g/mol. The Balaban J connectivity index is 2.39. The van der Waals surface area contributed by atoms with Gasteiger partial charge in [0.1, 0.15) is 0 Å². The molecule has 1 fully saturated rings. The molecule has 0 spiro atoms. The molecule has 1 aliphatic heterocycles. The Morgan fingerprint density at radius 1 is 1.58 bits per heavy atom. The van der Waals surface area contributed by atoms with Crippen LogP contribution >= 0.6 is 0 Å². The van der Waals surface area contributed by atoms with Crippen molar-refractivity contribution in [3.63, 3.8) is 0 Å². The molecule has 12 heavy (non-hydrogen) atoms. The maximum absolute atomic E-state index is 5.88. The van der Waals surface area contributed by atoms with Crippen LogP contribution in [0.15, 0.2) is 0 Å². The lowest BCUT2D eigenvalue weighted by molar-refractivity contribution is 0.153. The summed E-state index contributed by atoms with van der Waals surface area (Å²) in [4.78, 5) is 0. The van der Waals surface area contributed by atoms with E-state index in [0.29, 0.717) is 17.9 Å². The first-order valence-electron chi connectivity index (χ1n) is 4.65. The van der Waals surface area contributed by atoms with E-state index >= 15 is 0 Å². The molecule has 1 saturated heterocycles. The van der Waals surface area contributed by atoms with Crippen molar-refractivity contribution in [1.82, 2.24) is 5.01 Å². The highest BCUT2D eigenvalue weighted by molar-refractivity contribution is 4.83. The molecule has 1 heterocycles. The van der Waals surface area contributed by atoms with Gasteiger partial charge in [-0.15, -0.1) is 0 Å². The van der Waals surface area contributed by atoms with E-state index in [1.165, 1.54) is 6.42 Å². The predicted molar refractivity (Wildman–Crippen MR) is 49.5 cm³/mol. The van der Waals surface area contributed by atoms with Crippen molar-refractivity contribution >= 4 is 0 Å². The number of nitrogens with two attached hydrogens (primary N) is 1. The van der Waals surface area contributed by atoms with E-state index in [0.717, 1.165) is 13.2 Å². The lowest BCUT2D eigenvalue weighted by Gasteiger charge is -2.21. The Morgan fingerprint density at radius 2 is 2.25 bits per heavy atom. The molecule has 72 valence electrons. The highest BCUT2D eigenvalue weighted by atomic mass is 16.5. The van der Waals surface area contributed by atoms with Gasteiger partial charge >= 0.3 is 0 Å². The molecule has 0 aliphatic carbocycles. The molecule has 2 N–H and O–H groups in total. The Hall–Kier alpha value is -0.120. The van der Waals surface area contributed by atoms with E-state index in [4.69, 9.17) is 10.6 Å². The summed E-state index contributed by atoms with van der Waals surface area (Å²) in [5.41, 5.74) is 0. The number of hydrazine groups is 1. The van der Waals surface area contributed by atoms with Crippen LogP contribution < -0.4 is 5.84 Å². The van der Waals surface area contributed by atoms with Crippen LogP contribution in [-0.4, -0.2) is 31.3 Å². The number of ether oxygens (including phenoxy) is 1. The first-order chi connectivity index (χ1) is 5.65. The van der Waals surface area contributed by atoms with Gasteiger partial charge in [0.25, 0.3) is 0 Å². The first-order valence-corrected chi connectivity index (χ1v) is 4.65. The summed E-state index contributed by atoms with van der Waals surface area (Å²) in [5, 5.41) is 1.97. The molecule has 1 aliphatic rings. The molecular formula is C9H20N2O. The molecule has 3 heteroatoms. The van der Waals surface area contributed by atoms with Gasteiger partial charge in [-0.25, -0.2) is 5.01 Å². The van der Waals surface area contributed by atoms with E-state index in [1.54, 1.807) is 7.11 Å². The van der Waals surface area contributed by atoms with Crippen LogP contribution in [0.25, 0.3) is 0 Å². The Bertz CT molecular complexity index is 138. The molecule has 0 bridgehead atoms. The van der Waals surface area contributed by atoms with Gasteiger partial charge in [-0.05, 0) is 18.3 Å². The van der Waals surface area contributed by atoms with Crippen molar-refractivity contribution in [2.75, 3.05) is 20.3 Å². The maximum Gasteiger partial charge on any atom is 0.0503 e. The van der Waals surface area contributed by atoms with Gasteiger partial charge in [-0.1, -0.05) is 13.8 Å². The molecule has 0 aromatic rings.